The minimum Gasteiger partial charge on any atom is -0.366 e. The van der Waals surface area contributed by atoms with Crippen molar-refractivity contribution in [3.8, 4) is 11.1 Å². The molecule has 6 rings (SSSR count). The van der Waals surface area contributed by atoms with E-state index in [1.807, 2.05) is 91.0 Å². The number of carbonyl (C=O) groups is 4. The van der Waals surface area contributed by atoms with E-state index in [-0.39, 0.29) is 17.2 Å². The van der Waals surface area contributed by atoms with Crippen LogP contribution in [-0.4, -0.2) is 23.6 Å². The highest BCUT2D eigenvalue weighted by atomic mass is 32.2. The van der Waals surface area contributed by atoms with Crippen molar-refractivity contribution in [2.45, 2.75) is 10.1 Å². The Kier molecular flexibility index (Phi) is 11.3. The van der Waals surface area contributed by atoms with Crippen LogP contribution in [-0.2, 0) is 9.59 Å². The van der Waals surface area contributed by atoms with Crippen LogP contribution in [0.25, 0.3) is 17.2 Å². The fourth-order valence-corrected chi connectivity index (χ4v) is 6.39. The van der Waals surface area contributed by atoms with Gasteiger partial charge in [-0.1, -0.05) is 115 Å². The molecule has 0 fully saturated rings. The fraction of sp³-hybridized carbons (Fsp3) is 0.0233. The highest BCUT2D eigenvalue weighted by Crippen LogP contribution is 2.37. The first-order valence-corrected chi connectivity index (χ1v) is 17.3. The molecule has 8 nitrogen and oxygen atoms in total. The molecular weight excluding hydrogens is 669 g/mol. The minimum atomic E-state index is -0.668. The Balaban J connectivity index is 1.20. The highest BCUT2D eigenvalue weighted by Gasteiger charge is 2.24. The summed E-state index contributed by atoms with van der Waals surface area (Å²) >= 11 is 1.32. The largest absolute Gasteiger partial charge is 0.366 e. The maximum Gasteiger partial charge on any atom is 0.272 e. The summed E-state index contributed by atoms with van der Waals surface area (Å²) < 4.78 is 0. The molecule has 0 aliphatic rings. The smallest absolute Gasteiger partial charge is 0.272 e. The lowest BCUT2D eigenvalue weighted by atomic mass is 10.0. The Hall–Kier alpha value is -6.71. The van der Waals surface area contributed by atoms with Gasteiger partial charge in [-0.05, 0) is 76.9 Å². The van der Waals surface area contributed by atoms with Gasteiger partial charge in [0.1, 0.15) is 10.9 Å². The normalized spacial score (nSPS) is 11.6. The molecule has 0 heterocycles. The first-order chi connectivity index (χ1) is 25.3. The number of carbonyl (C=O) groups excluding carboxylic acids is 4. The molecule has 4 amide bonds. The molecule has 0 saturated heterocycles. The number of nitrogens with one attached hydrogen (secondary N) is 3. The van der Waals surface area contributed by atoms with Crippen molar-refractivity contribution in [1.29, 1.82) is 0 Å². The monoisotopic (exact) mass is 702 g/mol. The molecule has 0 saturated carbocycles. The summed E-state index contributed by atoms with van der Waals surface area (Å²) in [4.78, 5) is 53.2. The highest BCUT2D eigenvalue weighted by molar-refractivity contribution is 8.00. The van der Waals surface area contributed by atoms with E-state index in [2.05, 4.69) is 16.0 Å². The number of anilines is 2. The number of thioether (sulfide) groups is 1. The lowest BCUT2D eigenvalue weighted by Gasteiger charge is -2.18. The molecule has 1 atom stereocenters. The molecule has 0 radical (unpaired) electrons. The maximum atomic E-state index is 13.7. The lowest BCUT2D eigenvalue weighted by Crippen LogP contribution is -2.30. The Bertz CT molecular complexity index is 2210. The van der Waals surface area contributed by atoms with E-state index in [9.17, 15) is 19.2 Å². The Labute approximate surface area is 305 Å². The first-order valence-electron chi connectivity index (χ1n) is 16.4. The first kappa shape index (κ1) is 35.1. The van der Waals surface area contributed by atoms with Gasteiger partial charge in [0.2, 0.25) is 5.91 Å². The van der Waals surface area contributed by atoms with Gasteiger partial charge in [0.15, 0.2) is 0 Å². The topological polar surface area (TPSA) is 130 Å². The average molecular weight is 703 g/mol. The van der Waals surface area contributed by atoms with Crippen molar-refractivity contribution in [3.63, 3.8) is 0 Å². The number of nitrogens with two attached hydrogens (primary N) is 1. The molecular formula is C43H34N4O4S. The van der Waals surface area contributed by atoms with Crippen molar-refractivity contribution >= 4 is 52.8 Å². The molecule has 6 aromatic rings. The van der Waals surface area contributed by atoms with E-state index in [1.54, 1.807) is 78.9 Å². The van der Waals surface area contributed by atoms with E-state index in [4.69, 9.17) is 5.73 Å². The Morgan fingerprint density at radius 2 is 1.17 bits per heavy atom. The van der Waals surface area contributed by atoms with Gasteiger partial charge in [-0.25, -0.2) is 0 Å². The van der Waals surface area contributed by atoms with Crippen LogP contribution >= 0.6 is 11.8 Å². The summed E-state index contributed by atoms with van der Waals surface area (Å²) in [7, 11) is 0. The molecule has 0 aliphatic carbocycles. The molecule has 256 valence electrons. The zero-order valence-corrected chi connectivity index (χ0v) is 28.7. The second-order valence-electron chi connectivity index (χ2n) is 11.7. The third-order valence-corrected chi connectivity index (χ3v) is 9.28. The van der Waals surface area contributed by atoms with Crippen molar-refractivity contribution in [2.75, 3.05) is 10.6 Å². The lowest BCUT2D eigenvalue weighted by molar-refractivity contribution is -0.116. The summed E-state index contributed by atoms with van der Waals surface area (Å²) in [5, 5.41) is 7.86. The number of para-hydroxylation sites is 1. The predicted octanol–water partition coefficient (Wildman–Crippen LogP) is 8.33. The van der Waals surface area contributed by atoms with E-state index >= 15 is 0 Å². The van der Waals surface area contributed by atoms with Gasteiger partial charge in [-0.3, -0.25) is 19.2 Å². The van der Waals surface area contributed by atoms with E-state index in [0.29, 0.717) is 16.9 Å². The van der Waals surface area contributed by atoms with Crippen LogP contribution in [0.5, 0.6) is 0 Å². The van der Waals surface area contributed by atoms with Gasteiger partial charge in [-0.2, -0.15) is 0 Å². The van der Waals surface area contributed by atoms with Gasteiger partial charge in [0.25, 0.3) is 17.7 Å². The molecule has 0 aromatic heterocycles. The van der Waals surface area contributed by atoms with Crippen molar-refractivity contribution < 1.29 is 19.2 Å². The molecule has 1 unspecified atom stereocenters. The van der Waals surface area contributed by atoms with Crippen molar-refractivity contribution in [3.05, 3.63) is 192 Å². The third kappa shape index (κ3) is 9.09. The molecule has 6 aromatic carbocycles. The van der Waals surface area contributed by atoms with Crippen molar-refractivity contribution in [2.24, 2.45) is 5.73 Å². The molecule has 5 N–H and O–H groups in total. The number of hydrogen-bond acceptors (Lipinski definition) is 5. The number of rotatable bonds is 12. The minimum absolute atomic E-state index is 0.0665. The summed E-state index contributed by atoms with van der Waals surface area (Å²) in [6, 6.07) is 49.3. The average Bonchev–Trinajstić information content (AvgIpc) is 3.18. The van der Waals surface area contributed by atoms with E-state index < -0.39 is 23.0 Å². The van der Waals surface area contributed by atoms with Crippen LogP contribution in [0.2, 0.25) is 0 Å². The summed E-state index contributed by atoms with van der Waals surface area (Å²) in [5.74, 6) is -1.90. The van der Waals surface area contributed by atoms with Crippen LogP contribution in [0, 0.1) is 0 Å². The van der Waals surface area contributed by atoms with Gasteiger partial charge in [0.05, 0.1) is 11.3 Å². The van der Waals surface area contributed by atoms with Crippen LogP contribution in [0.1, 0.15) is 37.1 Å². The van der Waals surface area contributed by atoms with Gasteiger partial charge >= 0.3 is 0 Å². The van der Waals surface area contributed by atoms with Crippen molar-refractivity contribution in [1.82, 2.24) is 5.32 Å². The molecule has 52 heavy (non-hydrogen) atoms. The van der Waals surface area contributed by atoms with Gasteiger partial charge in [-0.15, -0.1) is 11.8 Å². The Morgan fingerprint density at radius 1 is 0.596 bits per heavy atom. The van der Waals surface area contributed by atoms with Crippen LogP contribution < -0.4 is 21.7 Å². The van der Waals surface area contributed by atoms with Crippen LogP contribution in [0.3, 0.4) is 0 Å². The quantitative estimate of drug-likeness (QED) is 0.0753. The van der Waals surface area contributed by atoms with E-state index in [1.165, 1.54) is 11.8 Å². The van der Waals surface area contributed by atoms with Crippen LogP contribution in [0.15, 0.2) is 174 Å². The molecule has 0 bridgehead atoms. The zero-order chi connectivity index (χ0) is 36.3. The van der Waals surface area contributed by atoms with Crippen LogP contribution in [0.4, 0.5) is 11.4 Å². The third-order valence-electron chi connectivity index (χ3n) is 8.01. The molecule has 9 heteroatoms. The second kappa shape index (κ2) is 16.8. The fourth-order valence-electron chi connectivity index (χ4n) is 5.37. The summed E-state index contributed by atoms with van der Waals surface area (Å²) in [5.41, 5.74) is 10.6. The van der Waals surface area contributed by atoms with E-state index in [0.717, 1.165) is 27.1 Å². The number of amides is 4. The van der Waals surface area contributed by atoms with Gasteiger partial charge in [0, 0.05) is 16.1 Å². The number of hydrogen-bond donors (Lipinski definition) is 4. The molecule has 0 spiro atoms. The standard InChI is InChI=1S/C43H34N4O4S/c44-40(48)36-18-10-11-19-37(36)46-43(51)39(32-14-6-2-7-15-32)52-35-26-24-34(25-27-35)45-42(50)38(47-41(49)33-16-8-3-9-17-33)28-29-20-22-31(23-21-29)30-12-4-1-5-13-30/h1-28,39H,(H2,44,48)(H,45,50)(H,46,51)(H,47,49)/b38-28-. The number of benzene rings is 6. The number of primary amides is 1. The second-order valence-corrected chi connectivity index (χ2v) is 12.8. The predicted molar refractivity (Wildman–Crippen MR) is 207 cm³/mol. The Morgan fingerprint density at radius 3 is 1.83 bits per heavy atom. The SMILES string of the molecule is NC(=O)c1ccccc1NC(=O)C(Sc1ccc(NC(=O)/C(=C/c2ccc(-c3ccccc3)cc2)NC(=O)c2ccccc2)cc1)c1ccccc1. The molecule has 0 aliphatic heterocycles. The zero-order valence-electron chi connectivity index (χ0n) is 27.9. The van der Waals surface area contributed by atoms with Gasteiger partial charge < -0.3 is 21.7 Å². The maximum absolute atomic E-state index is 13.7. The summed E-state index contributed by atoms with van der Waals surface area (Å²) in [6.45, 7) is 0. The summed E-state index contributed by atoms with van der Waals surface area (Å²) in [6.07, 6.45) is 1.63.